The van der Waals surface area contributed by atoms with Crippen LogP contribution in [0.2, 0.25) is 0 Å². The quantitative estimate of drug-likeness (QED) is 0.368. The molecule has 1 N–H and O–H groups in total. The summed E-state index contributed by atoms with van der Waals surface area (Å²) in [5.41, 5.74) is 4.27. The molecule has 2 aliphatic rings. The molecule has 2 bridgehead atoms. The zero-order chi connectivity index (χ0) is 18.9. The molecule has 0 aromatic rings. The van der Waals surface area contributed by atoms with Gasteiger partial charge in [0.05, 0.1) is 0 Å². The number of ether oxygens (including phenoxy) is 1. The Bertz CT molecular complexity index is 557. The first kappa shape index (κ1) is 21.2. The van der Waals surface area contributed by atoms with Crippen LogP contribution in [0.15, 0.2) is 34.9 Å². The van der Waals surface area contributed by atoms with E-state index in [-0.39, 0.29) is 0 Å². The topological polar surface area (TPSA) is 21.3 Å². The van der Waals surface area contributed by atoms with Gasteiger partial charge in [0, 0.05) is 6.04 Å². The lowest BCUT2D eigenvalue weighted by Gasteiger charge is -2.23. The van der Waals surface area contributed by atoms with Crippen molar-refractivity contribution in [3.8, 4) is 0 Å². The van der Waals surface area contributed by atoms with Crippen LogP contribution in [0, 0.1) is 11.8 Å². The maximum absolute atomic E-state index is 5.71. The third kappa shape index (κ3) is 7.65. The summed E-state index contributed by atoms with van der Waals surface area (Å²) in [5.74, 6) is 1.76. The van der Waals surface area contributed by atoms with Gasteiger partial charge in [0.15, 0.2) is 0 Å². The van der Waals surface area contributed by atoms with Gasteiger partial charge in [-0.05, 0) is 103 Å². The molecule has 146 valence electrons. The van der Waals surface area contributed by atoms with E-state index in [0.29, 0.717) is 17.8 Å². The summed E-state index contributed by atoms with van der Waals surface area (Å²) < 4.78 is 5.71. The Balaban J connectivity index is 1.57. The molecular formula is C23H37NOS. The molecule has 3 atom stereocenters. The van der Waals surface area contributed by atoms with E-state index in [1.54, 1.807) is 0 Å². The smallest absolute Gasteiger partial charge is 0.257 e. The van der Waals surface area contributed by atoms with E-state index in [4.69, 9.17) is 17.0 Å². The van der Waals surface area contributed by atoms with Crippen LogP contribution < -0.4 is 5.32 Å². The maximum Gasteiger partial charge on any atom is 0.257 e. The average Bonchev–Trinajstić information content (AvgIpc) is 3.17. The molecule has 0 aliphatic heterocycles. The fraction of sp³-hybridized carbons (Fsp3) is 0.696. The van der Waals surface area contributed by atoms with Gasteiger partial charge in [0.2, 0.25) is 0 Å². The number of thiocarbonyl (C=S) groups is 1. The van der Waals surface area contributed by atoms with Gasteiger partial charge in [-0.1, -0.05) is 35.3 Å². The van der Waals surface area contributed by atoms with E-state index in [1.807, 2.05) is 0 Å². The molecule has 0 aromatic carbocycles. The predicted molar refractivity (Wildman–Crippen MR) is 116 cm³/mol. The number of rotatable bonds is 9. The second kappa shape index (κ2) is 10.9. The second-order valence-electron chi connectivity index (χ2n) is 8.48. The molecule has 0 aromatic heterocycles. The molecule has 2 rings (SSSR count). The van der Waals surface area contributed by atoms with Gasteiger partial charge in [-0.3, -0.25) is 0 Å². The third-order valence-corrected chi connectivity index (χ3v) is 6.05. The summed E-state index contributed by atoms with van der Waals surface area (Å²) in [6, 6.07) is 0.561. The van der Waals surface area contributed by atoms with Crippen LogP contribution in [0.25, 0.3) is 0 Å². The van der Waals surface area contributed by atoms with Crippen LogP contribution in [0.4, 0.5) is 0 Å². The standard InChI is InChI=1S/C23H37NOS/c1-17(2)7-5-8-18(3)9-6-10-19(4)13-14-25-23(26)24-22-16-20-11-12-21(22)15-20/h7,9,13,20-22H,5-6,8,10-12,14-16H2,1-4H3,(H,24,26). The summed E-state index contributed by atoms with van der Waals surface area (Å²) in [5, 5.41) is 4.02. The largest absolute Gasteiger partial charge is 0.467 e. The molecule has 0 saturated heterocycles. The SMILES string of the molecule is CC(C)=CCCC(C)=CCCC(C)=CCOC(=S)NC1CC2CCC1C2. The fourth-order valence-corrected chi connectivity index (χ4v) is 4.43. The minimum atomic E-state index is 0.561. The van der Waals surface area contributed by atoms with Gasteiger partial charge in [0.25, 0.3) is 5.17 Å². The molecule has 2 aliphatic carbocycles. The van der Waals surface area contributed by atoms with Crippen LogP contribution in [-0.2, 0) is 4.74 Å². The average molecular weight is 376 g/mol. The molecule has 2 nitrogen and oxygen atoms in total. The van der Waals surface area contributed by atoms with Gasteiger partial charge in [-0.15, -0.1) is 0 Å². The van der Waals surface area contributed by atoms with Crippen LogP contribution in [0.1, 0.15) is 79.1 Å². The van der Waals surface area contributed by atoms with E-state index in [1.165, 1.54) is 48.8 Å². The van der Waals surface area contributed by atoms with Crippen molar-refractivity contribution in [3.63, 3.8) is 0 Å². The minimum absolute atomic E-state index is 0.561. The summed E-state index contributed by atoms with van der Waals surface area (Å²) in [6.07, 6.45) is 16.8. The molecule has 0 heterocycles. The highest BCUT2D eigenvalue weighted by atomic mass is 32.1. The Labute approximate surface area is 166 Å². The molecule has 3 heteroatoms. The summed E-state index contributed by atoms with van der Waals surface area (Å²) in [4.78, 5) is 0. The maximum atomic E-state index is 5.71. The lowest BCUT2D eigenvalue weighted by Crippen LogP contribution is -2.38. The van der Waals surface area contributed by atoms with Crippen molar-refractivity contribution in [2.75, 3.05) is 6.61 Å². The van der Waals surface area contributed by atoms with Gasteiger partial charge in [-0.25, -0.2) is 0 Å². The van der Waals surface area contributed by atoms with Crippen LogP contribution in [-0.4, -0.2) is 17.8 Å². The Morgan fingerprint density at radius 1 is 0.962 bits per heavy atom. The molecular weight excluding hydrogens is 338 g/mol. The summed E-state index contributed by atoms with van der Waals surface area (Å²) in [7, 11) is 0. The number of allylic oxidation sites excluding steroid dienone is 5. The Kier molecular flexibility index (Phi) is 8.90. The Morgan fingerprint density at radius 3 is 2.27 bits per heavy atom. The highest BCUT2D eigenvalue weighted by molar-refractivity contribution is 7.80. The van der Waals surface area contributed by atoms with Crippen LogP contribution in [0.3, 0.4) is 0 Å². The Hall–Kier alpha value is -1.09. The lowest BCUT2D eigenvalue weighted by atomic mass is 9.96. The van der Waals surface area contributed by atoms with E-state index >= 15 is 0 Å². The summed E-state index contributed by atoms with van der Waals surface area (Å²) in [6.45, 7) is 9.33. The lowest BCUT2D eigenvalue weighted by molar-refractivity contribution is 0.311. The van der Waals surface area contributed by atoms with Crippen molar-refractivity contribution in [3.05, 3.63) is 34.9 Å². The molecule has 0 amide bonds. The van der Waals surface area contributed by atoms with Crippen LogP contribution >= 0.6 is 12.2 Å². The molecule has 3 unspecified atom stereocenters. The van der Waals surface area contributed by atoms with Crippen molar-refractivity contribution in [2.45, 2.75) is 85.1 Å². The predicted octanol–water partition coefficient (Wildman–Crippen LogP) is 6.49. The molecule has 2 saturated carbocycles. The number of nitrogens with one attached hydrogen (secondary N) is 1. The van der Waals surface area contributed by atoms with Crippen LogP contribution in [0.5, 0.6) is 0 Å². The monoisotopic (exact) mass is 375 g/mol. The van der Waals surface area contributed by atoms with Gasteiger partial charge >= 0.3 is 0 Å². The van der Waals surface area contributed by atoms with Crippen molar-refractivity contribution < 1.29 is 4.74 Å². The molecule has 26 heavy (non-hydrogen) atoms. The van der Waals surface area contributed by atoms with Gasteiger partial charge in [0.1, 0.15) is 6.61 Å². The third-order valence-electron chi connectivity index (χ3n) is 5.81. The van der Waals surface area contributed by atoms with Crippen molar-refractivity contribution in [2.24, 2.45) is 11.8 Å². The van der Waals surface area contributed by atoms with Gasteiger partial charge in [-0.2, -0.15) is 0 Å². The summed E-state index contributed by atoms with van der Waals surface area (Å²) >= 11 is 5.36. The van der Waals surface area contributed by atoms with E-state index < -0.39 is 0 Å². The molecule has 2 fully saturated rings. The zero-order valence-corrected chi connectivity index (χ0v) is 18.0. The van der Waals surface area contributed by atoms with E-state index in [0.717, 1.165) is 31.1 Å². The first-order chi connectivity index (χ1) is 12.4. The zero-order valence-electron chi connectivity index (χ0n) is 17.1. The molecule has 0 radical (unpaired) electrons. The first-order valence-electron chi connectivity index (χ1n) is 10.3. The number of hydrogen-bond donors (Lipinski definition) is 1. The number of fused-ring (bicyclic) bond motifs is 2. The van der Waals surface area contributed by atoms with Crippen molar-refractivity contribution in [1.82, 2.24) is 5.32 Å². The fourth-order valence-electron chi connectivity index (χ4n) is 4.21. The van der Waals surface area contributed by atoms with E-state index in [2.05, 4.69) is 51.2 Å². The number of hydrogen-bond acceptors (Lipinski definition) is 2. The molecule has 0 spiro atoms. The highest BCUT2D eigenvalue weighted by Crippen LogP contribution is 2.44. The first-order valence-corrected chi connectivity index (χ1v) is 10.7. The normalized spacial score (nSPS) is 25.3. The minimum Gasteiger partial charge on any atom is -0.467 e. The van der Waals surface area contributed by atoms with Gasteiger partial charge < -0.3 is 10.1 Å². The highest BCUT2D eigenvalue weighted by Gasteiger charge is 2.39. The second-order valence-corrected chi connectivity index (χ2v) is 8.85. The van der Waals surface area contributed by atoms with E-state index in [9.17, 15) is 0 Å². The Morgan fingerprint density at radius 2 is 1.65 bits per heavy atom. The van der Waals surface area contributed by atoms with Crippen molar-refractivity contribution >= 4 is 17.4 Å². The van der Waals surface area contributed by atoms with Crippen molar-refractivity contribution in [1.29, 1.82) is 0 Å².